The summed E-state index contributed by atoms with van der Waals surface area (Å²) in [7, 11) is 0. The summed E-state index contributed by atoms with van der Waals surface area (Å²) in [6, 6.07) is 6.49. The van der Waals surface area contributed by atoms with Crippen molar-refractivity contribution < 1.29 is 0 Å². The van der Waals surface area contributed by atoms with Gasteiger partial charge in [0, 0.05) is 11.4 Å². The predicted octanol–water partition coefficient (Wildman–Crippen LogP) is 6.07. The van der Waals surface area contributed by atoms with Crippen molar-refractivity contribution in [2.24, 2.45) is 9.98 Å². The molecule has 112 valence electrons. The molecule has 0 aromatic heterocycles. The lowest BCUT2D eigenvalue weighted by molar-refractivity contribution is 0.666. The Kier molecular flexibility index (Phi) is 4.84. The van der Waals surface area contributed by atoms with Gasteiger partial charge >= 0.3 is 0 Å². The van der Waals surface area contributed by atoms with Gasteiger partial charge in [0.1, 0.15) is 0 Å². The lowest BCUT2D eigenvalue weighted by Crippen LogP contribution is -2.04. The van der Waals surface area contributed by atoms with Crippen LogP contribution in [-0.4, -0.2) is 11.4 Å². The maximum atomic E-state index is 4.92. The summed E-state index contributed by atoms with van der Waals surface area (Å²) >= 11 is 0. The quantitative estimate of drug-likeness (QED) is 0.629. The first-order valence-corrected chi connectivity index (χ1v) is 8.55. The standard InChI is InChI=1S/C19H26N2/c1-15-12-13-18(20-16-8-4-2-5-9-16)14-19(15)21-17-10-6-3-7-11-17/h12-14H,2-11H2,1H3. The highest BCUT2D eigenvalue weighted by Gasteiger charge is 2.09. The molecule has 2 fully saturated rings. The molecule has 2 heteroatoms. The second kappa shape index (κ2) is 7.02. The van der Waals surface area contributed by atoms with Crippen LogP contribution in [-0.2, 0) is 0 Å². The van der Waals surface area contributed by atoms with E-state index in [4.69, 9.17) is 9.98 Å². The second-order valence-electron chi connectivity index (χ2n) is 6.45. The molecule has 3 rings (SSSR count). The van der Waals surface area contributed by atoms with Crippen LogP contribution in [0.5, 0.6) is 0 Å². The van der Waals surface area contributed by atoms with Crippen LogP contribution < -0.4 is 0 Å². The zero-order chi connectivity index (χ0) is 14.5. The number of benzene rings is 1. The average Bonchev–Trinajstić information content (AvgIpc) is 2.53. The molecule has 1 aromatic carbocycles. The minimum absolute atomic E-state index is 1.09. The Morgan fingerprint density at radius 2 is 1.29 bits per heavy atom. The number of aliphatic imine (C=N–C) groups is 2. The molecule has 1 aromatic rings. The molecule has 0 heterocycles. The maximum Gasteiger partial charge on any atom is 0.0679 e. The summed E-state index contributed by atoms with van der Waals surface area (Å²) in [5.74, 6) is 0. The van der Waals surface area contributed by atoms with E-state index in [1.54, 1.807) is 0 Å². The highest BCUT2D eigenvalue weighted by molar-refractivity contribution is 5.89. The van der Waals surface area contributed by atoms with Crippen molar-refractivity contribution in [2.45, 2.75) is 71.1 Å². The zero-order valence-electron chi connectivity index (χ0n) is 13.2. The lowest BCUT2D eigenvalue weighted by Gasteiger charge is -2.14. The summed E-state index contributed by atoms with van der Waals surface area (Å²) in [5, 5.41) is 0. The second-order valence-corrected chi connectivity index (χ2v) is 6.45. The number of rotatable bonds is 2. The van der Waals surface area contributed by atoms with Crippen LogP contribution >= 0.6 is 0 Å². The highest BCUT2D eigenvalue weighted by Crippen LogP contribution is 2.28. The molecule has 0 N–H and O–H groups in total. The minimum Gasteiger partial charge on any atom is -0.258 e. The largest absolute Gasteiger partial charge is 0.258 e. The van der Waals surface area contributed by atoms with Crippen LogP contribution in [0.2, 0.25) is 0 Å². The van der Waals surface area contributed by atoms with E-state index in [0.29, 0.717) is 0 Å². The Balaban J connectivity index is 1.82. The minimum atomic E-state index is 1.09. The van der Waals surface area contributed by atoms with Gasteiger partial charge in [0.05, 0.1) is 11.4 Å². The topological polar surface area (TPSA) is 24.7 Å². The van der Waals surface area contributed by atoms with E-state index in [1.807, 2.05) is 0 Å². The summed E-state index contributed by atoms with van der Waals surface area (Å²) in [5.41, 5.74) is 6.24. The first-order valence-electron chi connectivity index (χ1n) is 8.55. The van der Waals surface area contributed by atoms with E-state index in [0.717, 1.165) is 11.4 Å². The zero-order valence-corrected chi connectivity index (χ0v) is 13.2. The van der Waals surface area contributed by atoms with Crippen molar-refractivity contribution in [1.82, 2.24) is 0 Å². The third-order valence-electron chi connectivity index (χ3n) is 4.62. The molecular weight excluding hydrogens is 256 g/mol. The van der Waals surface area contributed by atoms with E-state index in [1.165, 1.54) is 81.2 Å². The van der Waals surface area contributed by atoms with Crippen molar-refractivity contribution in [3.8, 4) is 0 Å². The van der Waals surface area contributed by atoms with Crippen molar-refractivity contribution in [1.29, 1.82) is 0 Å². The Labute approximate surface area is 128 Å². The van der Waals surface area contributed by atoms with E-state index < -0.39 is 0 Å². The van der Waals surface area contributed by atoms with E-state index >= 15 is 0 Å². The lowest BCUT2D eigenvalue weighted by atomic mass is 9.98. The number of aryl methyl sites for hydroxylation is 1. The Hall–Kier alpha value is -1.44. The molecule has 2 aliphatic carbocycles. The fraction of sp³-hybridized carbons (Fsp3) is 0.579. The maximum absolute atomic E-state index is 4.92. The average molecular weight is 282 g/mol. The van der Waals surface area contributed by atoms with E-state index in [9.17, 15) is 0 Å². The van der Waals surface area contributed by atoms with Crippen LogP contribution in [0, 0.1) is 6.92 Å². The Bertz CT molecular complexity index is 539. The number of hydrogen-bond donors (Lipinski definition) is 0. The smallest absolute Gasteiger partial charge is 0.0679 e. The highest BCUT2D eigenvalue weighted by atomic mass is 14.8. The predicted molar refractivity (Wildman–Crippen MR) is 91.5 cm³/mol. The third-order valence-corrected chi connectivity index (χ3v) is 4.62. The number of nitrogens with zero attached hydrogens (tertiary/aromatic N) is 2. The molecule has 0 atom stereocenters. The molecule has 0 bridgehead atoms. The molecule has 0 unspecified atom stereocenters. The summed E-state index contributed by atoms with van der Waals surface area (Å²) in [4.78, 5) is 9.78. The monoisotopic (exact) mass is 282 g/mol. The van der Waals surface area contributed by atoms with Gasteiger partial charge in [0.2, 0.25) is 0 Å². The SMILES string of the molecule is Cc1ccc(N=C2CCCCC2)cc1N=C1CCCCC1. The number of hydrogen-bond acceptors (Lipinski definition) is 2. The van der Waals surface area contributed by atoms with Crippen LogP contribution in [0.3, 0.4) is 0 Å². The molecule has 21 heavy (non-hydrogen) atoms. The van der Waals surface area contributed by atoms with Gasteiger partial charge < -0.3 is 0 Å². The van der Waals surface area contributed by atoms with Crippen LogP contribution in [0.1, 0.15) is 69.8 Å². The molecule has 2 saturated carbocycles. The summed E-state index contributed by atoms with van der Waals surface area (Å²) < 4.78 is 0. The first kappa shape index (κ1) is 14.5. The third kappa shape index (κ3) is 4.03. The molecule has 2 aliphatic rings. The molecular formula is C19H26N2. The van der Waals surface area contributed by atoms with Gasteiger partial charge in [-0.15, -0.1) is 0 Å². The van der Waals surface area contributed by atoms with Gasteiger partial charge in [-0.3, -0.25) is 9.98 Å². The molecule has 0 amide bonds. The molecule has 0 saturated heterocycles. The van der Waals surface area contributed by atoms with Crippen LogP contribution in [0.15, 0.2) is 28.2 Å². The molecule has 0 spiro atoms. The molecule has 2 nitrogen and oxygen atoms in total. The molecule has 0 radical (unpaired) electrons. The van der Waals surface area contributed by atoms with Crippen molar-refractivity contribution in [3.63, 3.8) is 0 Å². The van der Waals surface area contributed by atoms with Gasteiger partial charge in [-0.2, -0.15) is 0 Å². The van der Waals surface area contributed by atoms with Gasteiger partial charge in [-0.1, -0.05) is 18.9 Å². The summed E-state index contributed by atoms with van der Waals surface area (Å²) in [6.07, 6.45) is 12.7. The van der Waals surface area contributed by atoms with Crippen molar-refractivity contribution in [2.75, 3.05) is 0 Å². The van der Waals surface area contributed by atoms with Crippen molar-refractivity contribution >= 4 is 22.8 Å². The van der Waals surface area contributed by atoms with Gasteiger partial charge in [-0.05, 0) is 76.0 Å². The fourth-order valence-corrected chi connectivity index (χ4v) is 3.28. The summed E-state index contributed by atoms with van der Waals surface area (Å²) in [6.45, 7) is 2.15. The van der Waals surface area contributed by atoms with Gasteiger partial charge in [0.15, 0.2) is 0 Å². The van der Waals surface area contributed by atoms with Crippen LogP contribution in [0.25, 0.3) is 0 Å². The van der Waals surface area contributed by atoms with Gasteiger partial charge in [0.25, 0.3) is 0 Å². The van der Waals surface area contributed by atoms with E-state index in [-0.39, 0.29) is 0 Å². The van der Waals surface area contributed by atoms with E-state index in [2.05, 4.69) is 25.1 Å². The first-order chi connectivity index (χ1) is 10.3. The van der Waals surface area contributed by atoms with Gasteiger partial charge in [-0.25, -0.2) is 0 Å². The van der Waals surface area contributed by atoms with Crippen LogP contribution in [0.4, 0.5) is 11.4 Å². The normalized spacial score (nSPS) is 19.5. The Morgan fingerprint density at radius 3 is 1.90 bits per heavy atom. The van der Waals surface area contributed by atoms with Crippen molar-refractivity contribution in [3.05, 3.63) is 23.8 Å². The fourth-order valence-electron chi connectivity index (χ4n) is 3.28. The molecule has 0 aliphatic heterocycles. The Morgan fingerprint density at radius 1 is 0.714 bits per heavy atom.